The molecule has 1 aliphatic rings. The number of benzene rings is 1. The van der Waals surface area contributed by atoms with Gasteiger partial charge in [0.2, 0.25) is 0 Å². The van der Waals surface area contributed by atoms with Gasteiger partial charge in [0.1, 0.15) is 0 Å². The number of carbonyl (C=O) groups is 3. The van der Waals surface area contributed by atoms with E-state index in [-0.39, 0.29) is 6.54 Å². The van der Waals surface area contributed by atoms with Gasteiger partial charge in [-0.3, -0.25) is 19.3 Å². The van der Waals surface area contributed by atoms with Crippen LogP contribution < -0.4 is 0 Å². The third-order valence-corrected chi connectivity index (χ3v) is 2.90. The molecule has 4 nitrogen and oxygen atoms in total. The van der Waals surface area contributed by atoms with Crippen molar-refractivity contribution in [1.82, 2.24) is 4.90 Å². The van der Waals surface area contributed by atoms with Crippen LogP contribution in [0.3, 0.4) is 0 Å². The van der Waals surface area contributed by atoms with Crippen LogP contribution in [0.4, 0.5) is 4.39 Å². The van der Waals surface area contributed by atoms with E-state index in [1.54, 1.807) is 24.3 Å². The van der Waals surface area contributed by atoms with Gasteiger partial charge in [-0.05, 0) is 29.8 Å². The molecule has 6 heteroatoms. The molecular formula is C13H9ClFNO3. The normalized spacial score (nSPS) is 16.0. The van der Waals surface area contributed by atoms with Crippen LogP contribution in [0.1, 0.15) is 20.7 Å². The molecule has 1 atom stereocenters. The number of alkyl halides is 1. The van der Waals surface area contributed by atoms with E-state index in [0.717, 1.165) is 11.0 Å². The lowest BCUT2D eigenvalue weighted by Crippen LogP contribution is -2.29. The molecule has 1 aromatic rings. The van der Waals surface area contributed by atoms with Gasteiger partial charge in [0.05, 0.1) is 11.1 Å². The summed E-state index contributed by atoms with van der Waals surface area (Å²) in [6.07, 6.45) is 0.211. The molecule has 0 saturated carbocycles. The number of rotatable bonds is 4. The van der Waals surface area contributed by atoms with Crippen LogP contribution in [0.2, 0.25) is 0 Å². The molecule has 0 aliphatic carbocycles. The molecular weight excluding hydrogens is 273 g/mol. The summed E-state index contributed by atoms with van der Waals surface area (Å²) in [6, 6.07) is 6.43. The Balaban J connectivity index is 2.11. The van der Waals surface area contributed by atoms with Crippen LogP contribution >= 0.6 is 11.6 Å². The van der Waals surface area contributed by atoms with Crippen molar-refractivity contribution in [2.45, 2.75) is 6.17 Å². The first-order chi connectivity index (χ1) is 9.02. The Morgan fingerprint density at radius 2 is 1.79 bits per heavy atom. The van der Waals surface area contributed by atoms with Crippen molar-refractivity contribution in [3.8, 4) is 0 Å². The molecule has 0 aromatic heterocycles. The van der Waals surface area contributed by atoms with Crippen LogP contribution in [0.25, 0.3) is 0 Å². The summed E-state index contributed by atoms with van der Waals surface area (Å²) >= 11 is 4.94. The quantitative estimate of drug-likeness (QED) is 0.481. The fourth-order valence-corrected chi connectivity index (χ4v) is 1.84. The van der Waals surface area contributed by atoms with Gasteiger partial charge in [-0.1, -0.05) is 18.2 Å². The molecule has 0 fully saturated rings. The van der Waals surface area contributed by atoms with Gasteiger partial charge in [-0.2, -0.15) is 0 Å². The second-order valence-corrected chi connectivity index (χ2v) is 4.27. The van der Waals surface area contributed by atoms with E-state index in [1.807, 2.05) is 0 Å². The van der Waals surface area contributed by atoms with Crippen LogP contribution in [0.15, 0.2) is 36.4 Å². The summed E-state index contributed by atoms with van der Waals surface area (Å²) < 4.78 is 12.9. The first-order valence-electron chi connectivity index (χ1n) is 5.47. The Hall–Kier alpha value is -2.01. The third kappa shape index (κ3) is 2.56. The molecule has 0 bridgehead atoms. The minimum absolute atomic E-state index is 0.100. The first kappa shape index (κ1) is 13.4. The highest BCUT2D eigenvalue weighted by Crippen LogP contribution is 2.22. The number of hydrogen-bond donors (Lipinski definition) is 0. The van der Waals surface area contributed by atoms with Gasteiger partial charge >= 0.3 is 0 Å². The molecule has 1 unspecified atom stereocenters. The zero-order valence-electron chi connectivity index (χ0n) is 9.68. The van der Waals surface area contributed by atoms with Crippen LogP contribution in [-0.2, 0) is 4.79 Å². The van der Waals surface area contributed by atoms with E-state index in [4.69, 9.17) is 11.6 Å². The Labute approximate surface area is 113 Å². The highest BCUT2D eigenvalue weighted by Gasteiger charge is 2.34. The summed E-state index contributed by atoms with van der Waals surface area (Å²) in [5.74, 6) is -0.865. The summed E-state index contributed by atoms with van der Waals surface area (Å²) in [5.41, 5.74) is 0.650. The Bertz CT molecular complexity index is 550. The smallest absolute Gasteiger partial charge is 0.261 e. The highest BCUT2D eigenvalue weighted by molar-refractivity contribution is 6.64. The molecule has 0 radical (unpaired) electrons. The Kier molecular flexibility index (Phi) is 3.76. The van der Waals surface area contributed by atoms with E-state index >= 15 is 0 Å². The van der Waals surface area contributed by atoms with Crippen LogP contribution in [0, 0.1) is 0 Å². The molecule has 19 heavy (non-hydrogen) atoms. The average Bonchev–Trinajstić information content (AvgIpc) is 2.64. The molecule has 2 amide bonds. The predicted octanol–water partition coefficient (Wildman–Crippen LogP) is 1.94. The van der Waals surface area contributed by atoms with Gasteiger partial charge in [0, 0.05) is 6.54 Å². The van der Waals surface area contributed by atoms with Gasteiger partial charge in [-0.15, -0.1) is 0 Å². The molecule has 2 rings (SSSR count). The monoisotopic (exact) mass is 281 g/mol. The molecule has 1 aliphatic heterocycles. The van der Waals surface area contributed by atoms with Crippen molar-refractivity contribution >= 4 is 28.7 Å². The van der Waals surface area contributed by atoms with Crippen molar-refractivity contribution in [3.05, 3.63) is 47.5 Å². The molecule has 0 saturated heterocycles. The summed E-state index contributed by atoms with van der Waals surface area (Å²) in [4.78, 5) is 35.3. The maximum Gasteiger partial charge on any atom is 0.261 e. The average molecular weight is 282 g/mol. The second kappa shape index (κ2) is 5.32. The fraction of sp³-hybridized carbons (Fsp3) is 0.154. The second-order valence-electron chi connectivity index (χ2n) is 3.90. The van der Waals surface area contributed by atoms with E-state index in [2.05, 4.69) is 0 Å². The zero-order valence-corrected chi connectivity index (χ0v) is 10.4. The summed E-state index contributed by atoms with van der Waals surface area (Å²) in [6.45, 7) is -0.100. The van der Waals surface area contributed by atoms with E-state index in [1.165, 1.54) is 6.08 Å². The number of amides is 2. The van der Waals surface area contributed by atoms with Crippen LogP contribution in [0.5, 0.6) is 0 Å². The van der Waals surface area contributed by atoms with Crippen molar-refractivity contribution in [1.29, 1.82) is 0 Å². The first-order valence-corrected chi connectivity index (χ1v) is 5.85. The lowest BCUT2D eigenvalue weighted by atomic mass is 10.1. The minimum atomic E-state index is -1.93. The summed E-state index contributed by atoms with van der Waals surface area (Å²) in [5, 5.41) is -1.14. The molecule has 98 valence electrons. The lowest BCUT2D eigenvalue weighted by molar-refractivity contribution is -0.114. The molecule has 0 spiro atoms. The maximum atomic E-state index is 12.9. The van der Waals surface area contributed by atoms with Crippen molar-refractivity contribution < 1.29 is 18.8 Å². The number of carbonyl (C=O) groups excluding carboxylic acids is 3. The minimum Gasteiger partial charge on any atom is -0.278 e. The summed E-state index contributed by atoms with van der Waals surface area (Å²) in [7, 11) is 0. The third-order valence-electron chi connectivity index (χ3n) is 2.69. The largest absolute Gasteiger partial charge is 0.278 e. The zero-order chi connectivity index (χ0) is 14.0. The fourth-order valence-electron chi connectivity index (χ4n) is 1.77. The SMILES string of the molecule is O=C(Cl)C(F)C=CCN1C(=O)c2ccccc2C1=O. The van der Waals surface area contributed by atoms with Crippen LogP contribution in [-0.4, -0.2) is 34.7 Å². The Morgan fingerprint density at radius 3 is 2.26 bits per heavy atom. The van der Waals surface area contributed by atoms with Gasteiger partial charge in [0.25, 0.3) is 17.1 Å². The van der Waals surface area contributed by atoms with Gasteiger partial charge in [-0.25, -0.2) is 4.39 Å². The maximum absolute atomic E-state index is 12.9. The number of fused-ring (bicyclic) bond motifs is 1. The molecule has 0 N–H and O–H groups in total. The Morgan fingerprint density at radius 1 is 1.26 bits per heavy atom. The number of halogens is 2. The number of allylic oxidation sites excluding steroid dienone is 1. The molecule has 1 aromatic carbocycles. The number of nitrogens with zero attached hydrogens (tertiary/aromatic N) is 1. The van der Waals surface area contributed by atoms with Gasteiger partial charge < -0.3 is 0 Å². The standard InChI is InChI=1S/C13H9ClFNO3/c14-11(17)10(15)6-3-7-16-12(18)8-4-1-2-5-9(8)13(16)19/h1-6,10H,7H2. The number of hydrogen-bond acceptors (Lipinski definition) is 3. The lowest BCUT2D eigenvalue weighted by Gasteiger charge is -2.10. The van der Waals surface area contributed by atoms with E-state index < -0.39 is 23.2 Å². The highest BCUT2D eigenvalue weighted by atomic mass is 35.5. The van der Waals surface area contributed by atoms with Crippen molar-refractivity contribution in [3.63, 3.8) is 0 Å². The molecule has 1 heterocycles. The van der Waals surface area contributed by atoms with Gasteiger partial charge in [0.15, 0.2) is 6.17 Å². The topological polar surface area (TPSA) is 54.5 Å². The predicted molar refractivity (Wildman–Crippen MR) is 66.7 cm³/mol. The van der Waals surface area contributed by atoms with E-state index in [0.29, 0.717) is 11.1 Å². The van der Waals surface area contributed by atoms with Crippen molar-refractivity contribution in [2.24, 2.45) is 0 Å². The van der Waals surface area contributed by atoms with Crippen molar-refractivity contribution in [2.75, 3.05) is 6.54 Å². The number of imide groups is 1. The van der Waals surface area contributed by atoms with E-state index in [9.17, 15) is 18.8 Å².